The zero-order chi connectivity index (χ0) is 27.3. The second kappa shape index (κ2) is 10.1. The Balaban J connectivity index is 1.29. The Bertz CT molecular complexity index is 1330. The SMILES string of the molecule is CCOc1cc(/C=C2\C(=O)NC(=O)N(c3ccc(C45CC6CC(CC(C6)C4)C5)cc3)C2=O)cc(Br)c1OCC. The van der Waals surface area contributed by atoms with E-state index < -0.39 is 17.8 Å². The Labute approximate surface area is 237 Å². The summed E-state index contributed by atoms with van der Waals surface area (Å²) in [4.78, 5) is 40.2. The average molecular weight is 594 g/mol. The molecule has 4 bridgehead atoms. The number of ether oxygens (including phenoxy) is 2. The molecule has 1 heterocycles. The first-order valence-electron chi connectivity index (χ1n) is 13.9. The minimum absolute atomic E-state index is 0.127. The van der Waals surface area contributed by atoms with Gasteiger partial charge in [0, 0.05) is 0 Å². The van der Waals surface area contributed by atoms with Crippen LogP contribution in [-0.2, 0) is 15.0 Å². The Morgan fingerprint density at radius 3 is 2.15 bits per heavy atom. The number of urea groups is 1. The van der Waals surface area contributed by atoms with Crippen LogP contribution in [-0.4, -0.2) is 31.1 Å². The average Bonchev–Trinajstić information content (AvgIpc) is 2.88. The van der Waals surface area contributed by atoms with E-state index in [1.54, 1.807) is 12.1 Å². The molecule has 4 saturated carbocycles. The molecule has 204 valence electrons. The highest BCUT2D eigenvalue weighted by Gasteiger charge is 2.51. The number of carbonyl (C=O) groups is 3. The van der Waals surface area contributed by atoms with Crippen LogP contribution in [0.25, 0.3) is 6.08 Å². The first-order valence-corrected chi connectivity index (χ1v) is 14.7. The van der Waals surface area contributed by atoms with E-state index >= 15 is 0 Å². The summed E-state index contributed by atoms with van der Waals surface area (Å²) in [5.74, 6) is 2.15. The lowest BCUT2D eigenvalue weighted by Gasteiger charge is -2.57. The molecule has 0 spiro atoms. The number of rotatable bonds is 7. The maximum absolute atomic E-state index is 13.5. The van der Waals surface area contributed by atoms with Gasteiger partial charge in [0.2, 0.25) is 0 Å². The van der Waals surface area contributed by atoms with Crippen molar-refractivity contribution >= 4 is 45.5 Å². The smallest absolute Gasteiger partial charge is 0.335 e. The molecule has 39 heavy (non-hydrogen) atoms. The Morgan fingerprint density at radius 1 is 0.949 bits per heavy atom. The molecule has 7 rings (SSSR count). The molecule has 5 aliphatic rings. The van der Waals surface area contributed by atoms with E-state index in [0.717, 1.165) is 22.7 Å². The molecular formula is C31H33BrN2O5. The van der Waals surface area contributed by atoms with Gasteiger partial charge in [-0.1, -0.05) is 12.1 Å². The standard InChI is InChI=1S/C31H33BrN2O5/c1-3-38-26-14-18(13-25(32)27(26)39-4-2)12-24-28(35)33-30(37)34(29(24)36)23-7-5-22(6-8-23)31-15-19-9-20(16-31)11-21(10-19)17-31/h5-8,12-14,19-21H,3-4,9-11,15-17H2,1-2H3,(H,33,35,37)/b24-12+. The van der Waals surface area contributed by atoms with Gasteiger partial charge in [0.1, 0.15) is 5.57 Å². The first-order chi connectivity index (χ1) is 18.8. The molecule has 2 aromatic carbocycles. The predicted octanol–water partition coefficient (Wildman–Crippen LogP) is 6.38. The summed E-state index contributed by atoms with van der Waals surface area (Å²) >= 11 is 3.50. The topological polar surface area (TPSA) is 84.9 Å². The number of barbiturate groups is 1. The van der Waals surface area contributed by atoms with Gasteiger partial charge in [-0.05, 0) is 133 Å². The largest absolute Gasteiger partial charge is 0.490 e. The molecular weight excluding hydrogens is 560 g/mol. The fraction of sp³-hybridized carbons (Fsp3) is 0.452. The van der Waals surface area contributed by atoms with Gasteiger partial charge in [0.05, 0.1) is 23.4 Å². The van der Waals surface area contributed by atoms with Crippen LogP contribution in [0.3, 0.4) is 0 Å². The van der Waals surface area contributed by atoms with Gasteiger partial charge in [-0.2, -0.15) is 0 Å². The monoisotopic (exact) mass is 592 g/mol. The number of nitrogens with one attached hydrogen (secondary N) is 1. The van der Waals surface area contributed by atoms with Crippen LogP contribution < -0.4 is 19.7 Å². The fourth-order valence-electron chi connectivity index (χ4n) is 7.71. The molecule has 4 aliphatic carbocycles. The van der Waals surface area contributed by atoms with E-state index in [4.69, 9.17) is 9.47 Å². The molecule has 0 unspecified atom stereocenters. The third-order valence-corrected chi connectivity index (χ3v) is 9.40. The van der Waals surface area contributed by atoms with Crippen molar-refractivity contribution < 1.29 is 23.9 Å². The van der Waals surface area contributed by atoms with Gasteiger partial charge < -0.3 is 9.47 Å². The van der Waals surface area contributed by atoms with E-state index in [-0.39, 0.29) is 11.0 Å². The lowest BCUT2D eigenvalue weighted by Crippen LogP contribution is -2.54. The van der Waals surface area contributed by atoms with Gasteiger partial charge in [-0.15, -0.1) is 0 Å². The van der Waals surface area contributed by atoms with Crippen molar-refractivity contribution in [2.24, 2.45) is 17.8 Å². The number of benzene rings is 2. The van der Waals surface area contributed by atoms with Crippen LogP contribution in [0.4, 0.5) is 10.5 Å². The van der Waals surface area contributed by atoms with E-state index in [1.807, 2.05) is 26.0 Å². The number of halogens is 1. The number of nitrogens with zero attached hydrogens (tertiary/aromatic N) is 1. The summed E-state index contributed by atoms with van der Waals surface area (Å²) in [5.41, 5.74) is 2.43. The van der Waals surface area contributed by atoms with Crippen LogP contribution in [0, 0.1) is 17.8 Å². The summed E-state index contributed by atoms with van der Waals surface area (Å²) in [6.45, 7) is 4.63. The number of amides is 4. The van der Waals surface area contributed by atoms with Gasteiger partial charge in [0.25, 0.3) is 11.8 Å². The summed E-state index contributed by atoms with van der Waals surface area (Å²) in [6.07, 6.45) is 9.32. The Hall–Kier alpha value is -3.13. The van der Waals surface area contributed by atoms with Crippen LogP contribution in [0.1, 0.15) is 63.5 Å². The van der Waals surface area contributed by atoms with Crippen LogP contribution in [0.15, 0.2) is 46.4 Å². The lowest BCUT2D eigenvalue weighted by molar-refractivity contribution is -0.122. The zero-order valence-corrected chi connectivity index (χ0v) is 23.9. The van der Waals surface area contributed by atoms with Crippen LogP contribution in [0.2, 0.25) is 0 Å². The predicted molar refractivity (Wildman–Crippen MR) is 152 cm³/mol. The minimum atomic E-state index is -0.743. The van der Waals surface area contributed by atoms with Crippen molar-refractivity contribution in [3.63, 3.8) is 0 Å². The highest BCUT2D eigenvalue weighted by molar-refractivity contribution is 9.10. The normalized spacial score (nSPS) is 28.7. The number of hydrogen-bond donors (Lipinski definition) is 1. The van der Waals surface area contributed by atoms with Crippen molar-refractivity contribution in [2.75, 3.05) is 18.1 Å². The Kier molecular flexibility index (Phi) is 6.78. The third kappa shape index (κ3) is 4.66. The molecule has 4 amide bonds. The summed E-state index contributed by atoms with van der Waals surface area (Å²) < 4.78 is 12.1. The van der Waals surface area contributed by atoms with E-state index in [1.165, 1.54) is 50.2 Å². The van der Waals surface area contributed by atoms with E-state index in [0.29, 0.717) is 40.4 Å². The van der Waals surface area contributed by atoms with E-state index in [2.05, 4.69) is 33.4 Å². The quantitative estimate of drug-likeness (QED) is 0.298. The Morgan fingerprint density at radius 2 is 1.56 bits per heavy atom. The summed E-state index contributed by atoms with van der Waals surface area (Å²) in [6, 6.07) is 10.6. The lowest BCUT2D eigenvalue weighted by atomic mass is 9.48. The van der Waals surface area contributed by atoms with Crippen LogP contribution in [0.5, 0.6) is 11.5 Å². The molecule has 0 radical (unpaired) electrons. The van der Waals surface area contributed by atoms with Crippen molar-refractivity contribution in [1.82, 2.24) is 5.32 Å². The van der Waals surface area contributed by atoms with Crippen LogP contribution >= 0.6 is 15.9 Å². The van der Waals surface area contributed by atoms with Gasteiger partial charge in [-0.3, -0.25) is 14.9 Å². The molecule has 0 aromatic heterocycles. The molecule has 2 aromatic rings. The second-order valence-electron chi connectivity index (χ2n) is 11.4. The highest BCUT2D eigenvalue weighted by Crippen LogP contribution is 2.60. The molecule has 8 heteroatoms. The maximum Gasteiger partial charge on any atom is 0.335 e. The zero-order valence-electron chi connectivity index (χ0n) is 22.3. The number of hydrogen-bond acceptors (Lipinski definition) is 5. The van der Waals surface area contributed by atoms with Crippen molar-refractivity contribution in [2.45, 2.75) is 57.8 Å². The molecule has 1 aliphatic heterocycles. The molecule has 0 atom stereocenters. The fourth-order valence-corrected chi connectivity index (χ4v) is 8.28. The molecule has 5 fully saturated rings. The molecule has 7 nitrogen and oxygen atoms in total. The number of imide groups is 2. The highest BCUT2D eigenvalue weighted by atomic mass is 79.9. The number of carbonyl (C=O) groups excluding carboxylic acids is 3. The summed E-state index contributed by atoms with van der Waals surface area (Å²) in [7, 11) is 0. The molecule has 1 saturated heterocycles. The maximum atomic E-state index is 13.5. The van der Waals surface area contributed by atoms with E-state index in [9.17, 15) is 14.4 Å². The first kappa shape index (κ1) is 26.1. The second-order valence-corrected chi connectivity index (χ2v) is 12.3. The summed E-state index contributed by atoms with van der Waals surface area (Å²) in [5, 5.41) is 2.33. The minimum Gasteiger partial charge on any atom is -0.490 e. The van der Waals surface area contributed by atoms with Crippen molar-refractivity contribution in [1.29, 1.82) is 0 Å². The van der Waals surface area contributed by atoms with Crippen molar-refractivity contribution in [3.05, 3.63) is 57.6 Å². The van der Waals surface area contributed by atoms with Gasteiger partial charge in [0.15, 0.2) is 11.5 Å². The third-order valence-electron chi connectivity index (χ3n) is 8.81. The molecule has 1 N–H and O–H groups in total. The van der Waals surface area contributed by atoms with Gasteiger partial charge in [-0.25, -0.2) is 9.69 Å². The number of anilines is 1. The van der Waals surface area contributed by atoms with Gasteiger partial charge >= 0.3 is 6.03 Å². The van der Waals surface area contributed by atoms with Crippen molar-refractivity contribution in [3.8, 4) is 11.5 Å².